The van der Waals surface area contributed by atoms with E-state index in [2.05, 4.69) is 6.08 Å². The Morgan fingerprint density at radius 1 is 1.50 bits per heavy atom. The summed E-state index contributed by atoms with van der Waals surface area (Å²) in [4.78, 5) is 0. The maximum absolute atomic E-state index is 13.0. The normalized spacial score (nSPS) is 11.9. The molecular formula is C12H14ClF. The van der Waals surface area contributed by atoms with Crippen LogP contribution in [0.25, 0.3) is 5.57 Å². The Hall–Kier alpha value is -0.820. The molecule has 0 amide bonds. The van der Waals surface area contributed by atoms with E-state index < -0.39 is 0 Å². The quantitative estimate of drug-likeness (QED) is 0.660. The first-order valence-corrected chi connectivity index (χ1v) is 5.18. The highest BCUT2D eigenvalue weighted by Crippen LogP contribution is 2.17. The smallest absolute Gasteiger partial charge is 0.126 e. The molecule has 0 aromatic heterocycles. The molecule has 0 unspecified atom stereocenters. The summed E-state index contributed by atoms with van der Waals surface area (Å²) in [6.45, 7) is 3.78. The van der Waals surface area contributed by atoms with Gasteiger partial charge >= 0.3 is 0 Å². The molecule has 0 nitrogen and oxygen atoms in total. The Kier molecular flexibility index (Phi) is 4.15. The lowest BCUT2D eigenvalue weighted by atomic mass is 10.0. The average Bonchev–Trinajstić information content (AvgIpc) is 2.18. The summed E-state index contributed by atoms with van der Waals surface area (Å²) in [6.07, 6.45) is 2.92. The summed E-state index contributed by atoms with van der Waals surface area (Å²) < 4.78 is 13.0. The molecule has 0 aliphatic heterocycles. The van der Waals surface area contributed by atoms with Crippen LogP contribution in [0.4, 0.5) is 4.39 Å². The van der Waals surface area contributed by atoms with Crippen molar-refractivity contribution < 1.29 is 4.39 Å². The third-order valence-corrected chi connectivity index (χ3v) is 2.39. The topological polar surface area (TPSA) is 0 Å². The van der Waals surface area contributed by atoms with Crippen molar-refractivity contribution in [1.82, 2.24) is 0 Å². The van der Waals surface area contributed by atoms with Gasteiger partial charge in [0.25, 0.3) is 0 Å². The Labute approximate surface area is 89.4 Å². The second kappa shape index (κ2) is 5.16. The molecule has 1 aromatic rings. The van der Waals surface area contributed by atoms with Crippen LogP contribution in [0.2, 0.25) is 0 Å². The Bertz CT molecular complexity index is 342. The molecule has 0 spiro atoms. The van der Waals surface area contributed by atoms with E-state index in [1.165, 1.54) is 6.07 Å². The second-order valence-electron chi connectivity index (χ2n) is 3.33. The minimum Gasteiger partial charge on any atom is -0.207 e. The molecule has 0 fully saturated rings. The van der Waals surface area contributed by atoms with Crippen LogP contribution in [0, 0.1) is 12.7 Å². The number of halogens is 2. The van der Waals surface area contributed by atoms with Gasteiger partial charge in [0.15, 0.2) is 0 Å². The van der Waals surface area contributed by atoms with Gasteiger partial charge in [0.2, 0.25) is 0 Å². The van der Waals surface area contributed by atoms with Crippen molar-refractivity contribution in [3.05, 3.63) is 41.2 Å². The van der Waals surface area contributed by atoms with Gasteiger partial charge in [-0.25, -0.2) is 4.39 Å². The van der Waals surface area contributed by atoms with Crippen LogP contribution in [0.1, 0.15) is 24.5 Å². The van der Waals surface area contributed by atoms with Gasteiger partial charge in [-0.05, 0) is 49.1 Å². The highest BCUT2D eigenvalue weighted by atomic mass is 35.5. The van der Waals surface area contributed by atoms with E-state index in [9.17, 15) is 4.39 Å². The molecule has 0 aliphatic carbocycles. The number of hydrogen-bond acceptors (Lipinski definition) is 0. The minimum absolute atomic E-state index is 0.154. The third-order valence-electron chi connectivity index (χ3n) is 2.17. The van der Waals surface area contributed by atoms with E-state index in [0.29, 0.717) is 11.4 Å². The van der Waals surface area contributed by atoms with E-state index in [1.54, 1.807) is 13.0 Å². The highest BCUT2D eigenvalue weighted by molar-refractivity contribution is 6.17. The molecule has 14 heavy (non-hydrogen) atoms. The van der Waals surface area contributed by atoms with Gasteiger partial charge in [-0.2, -0.15) is 0 Å². The van der Waals surface area contributed by atoms with E-state index in [4.69, 9.17) is 11.6 Å². The molecule has 0 saturated heterocycles. The number of hydrogen-bond donors (Lipinski definition) is 0. The molecule has 0 heterocycles. The zero-order valence-corrected chi connectivity index (χ0v) is 9.24. The lowest BCUT2D eigenvalue weighted by Gasteiger charge is -2.03. The van der Waals surface area contributed by atoms with Gasteiger partial charge in [0.1, 0.15) is 5.82 Å². The fourth-order valence-corrected chi connectivity index (χ4v) is 1.39. The van der Waals surface area contributed by atoms with Gasteiger partial charge < -0.3 is 0 Å². The number of benzene rings is 1. The maximum Gasteiger partial charge on any atom is 0.126 e. The van der Waals surface area contributed by atoms with Crippen molar-refractivity contribution >= 4 is 17.2 Å². The van der Waals surface area contributed by atoms with Crippen molar-refractivity contribution in [3.8, 4) is 0 Å². The largest absolute Gasteiger partial charge is 0.207 e. The summed E-state index contributed by atoms with van der Waals surface area (Å²) in [5.41, 5.74) is 2.89. The predicted octanol–water partition coefficient (Wildman–Crippen LogP) is 4.17. The van der Waals surface area contributed by atoms with Crippen molar-refractivity contribution in [2.75, 3.05) is 5.88 Å². The zero-order valence-electron chi connectivity index (χ0n) is 8.48. The molecule has 2 heteroatoms. The van der Waals surface area contributed by atoms with Gasteiger partial charge in [-0.1, -0.05) is 12.1 Å². The highest BCUT2D eigenvalue weighted by Gasteiger charge is 1.99. The number of aryl methyl sites for hydroxylation is 1. The number of rotatable bonds is 3. The lowest BCUT2D eigenvalue weighted by Crippen LogP contribution is -1.86. The monoisotopic (exact) mass is 212 g/mol. The molecule has 1 rings (SSSR count). The molecule has 0 saturated carbocycles. The molecule has 0 aliphatic rings. The first-order chi connectivity index (χ1) is 6.65. The fraction of sp³-hybridized carbons (Fsp3) is 0.333. The number of allylic oxidation sites excluding steroid dienone is 2. The van der Waals surface area contributed by atoms with Crippen LogP contribution >= 0.6 is 11.6 Å². The van der Waals surface area contributed by atoms with Crippen LogP contribution in [-0.2, 0) is 0 Å². The maximum atomic E-state index is 13.0. The first-order valence-electron chi connectivity index (χ1n) is 4.64. The molecule has 76 valence electrons. The fourth-order valence-electron chi connectivity index (χ4n) is 1.28. The van der Waals surface area contributed by atoms with E-state index in [-0.39, 0.29) is 5.82 Å². The van der Waals surface area contributed by atoms with E-state index >= 15 is 0 Å². The molecule has 0 radical (unpaired) electrons. The van der Waals surface area contributed by atoms with Crippen molar-refractivity contribution in [2.45, 2.75) is 20.3 Å². The standard InChI is InChI=1S/C12H14ClF/c1-9(4-3-7-13)11-5-6-12(14)10(2)8-11/h4-6,8H,3,7H2,1-2H3/b9-4-. The molecular weight excluding hydrogens is 199 g/mol. The van der Waals surface area contributed by atoms with Crippen LogP contribution < -0.4 is 0 Å². The summed E-state index contributed by atoms with van der Waals surface area (Å²) in [5.74, 6) is 0.469. The van der Waals surface area contributed by atoms with Crippen LogP contribution in [-0.4, -0.2) is 5.88 Å². The van der Waals surface area contributed by atoms with Crippen molar-refractivity contribution in [3.63, 3.8) is 0 Å². The first kappa shape index (κ1) is 11.3. The second-order valence-corrected chi connectivity index (χ2v) is 3.71. The summed E-state index contributed by atoms with van der Waals surface area (Å²) in [5, 5.41) is 0. The molecule has 1 aromatic carbocycles. The molecule has 0 atom stereocenters. The average molecular weight is 213 g/mol. The van der Waals surface area contributed by atoms with Crippen LogP contribution in [0.3, 0.4) is 0 Å². The predicted molar refractivity (Wildman–Crippen MR) is 60.1 cm³/mol. The Balaban J connectivity index is 2.91. The van der Waals surface area contributed by atoms with Crippen LogP contribution in [0.15, 0.2) is 24.3 Å². The van der Waals surface area contributed by atoms with Gasteiger partial charge in [-0.15, -0.1) is 11.6 Å². The van der Waals surface area contributed by atoms with Crippen LogP contribution in [0.5, 0.6) is 0 Å². The molecule has 0 N–H and O–H groups in total. The zero-order chi connectivity index (χ0) is 10.6. The van der Waals surface area contributed by atoms with Crippen molar-refractivity contribution in [2.24, 2.45) is 0 Å². The van der Waals surface area contributed by atoms with E-state index in [0.717, 1.165) is 17.6 Å². The molecule has 0 bridgehead atoms. The van der Waals surface area contributed by atoms with Gasteiger partial charge in [-0.3, -0.25) is 0 Å². The number of alkyl halides is 1. The minimum atomic E-state index is -0.154. The van der Waals surface area contributed by atoms with E-state index in [1.807, 2.05) is 13.0 Å². The SMILES string of the molecule is C/C(=C/CCCl)c1ccc(F)c(C)c1. The van der Waals surface area contributed by atoms with Gasteiger partial charge in [0, 0.05) is 5.88 Å². The lowest BCUT2D eigenvalue weighted by molar-refractivity contribution is 0.618. The Morgan fingerprint density at radius 2 is 2.21 bits per heavy atom. The van der Waals surface area contributed by atoms with Crippen molar-refractivity contribution in [1.29, 1.82) is 0 Å². The summed E-state index contributed by atoms with van der Waals surface area (Å²) >= 11 is 5.58. The third kappa shape index (κ3) is 2.85. The van der Waals surface area contributed by atoms with Gasteiger partial charge in [0.05, 0.1) is 0 Å². The Morgan fingerprint density at radius 3 is 2.79 bits per heavy atom. The summed E-state index contributed by atoms with van der Waals surface area (Å²) in [7, 11) is 0. The summed E-state index contributed by atoms with van der Waals surface area (Å²) in [6, 6.07) is 5.15.